The molecule has 3 rings (SSSR count). The summed E-state index contributed by atoms with van der Waals surface area (Å²) in [6.07, 6.45) is 1.60. The summed E-state index contributed by atoms with van der Waals surface area (Å²) >= 11 is 1.54. The number of fused-ring (bicyclic) bond motifs is 1. The van der Waals surface area contributed by atoms with Crippen molar-refractivity contribution < 1.29 is 9.18 Å². The Bertz CT molecular complexity index is 914. The number of anilines is 1. The Kier molecular flexibility index (Phi) is 3.77. The Labute approximate surface area is 129 Å². The number of thiophene rings is 1. The highest BCUT2D eigenvalue weighted by Crippen LogP contribution is 2.21. The van der Waals surface area contributed by atoms with Crippen molar-refractivity contribution >= 4 is 33.0 Å². The molecule has 0 saturated carbocycles. The lowest BCUT2D eigenvalue weighted by Gasteiger charge is -2.07. The summed E-state index contributed by atoms with van der Waals surface area (Å²) in [6, 6.07) is 9.28. The van der Waals surface area contributed by atoms with Gasteiger partial charge in [0.1, 0.15) is 12.4 Å². The second kappa shape index (κ2) is 5.73. The van der Waals surface area contributed by atoms with E-state index in [2.05, 4.69) is 5.32 Å². The third-order valence-electron chi connectivity index (χ3n) is 3.20. The third kappa shape index (κ3) is 2.92. The summed E-state index contributed by atoms with van der Waals surface area (Å²) < 4.78 is 15.3. The molecule has 1 amide bonds. The van der Waals surface area contributed by atoms with Crippen molar-refractivity contribution in [3.05, 3.63) is 63.6 Å². The van der Waals surface area contributed by atoms with E-state index in [0.717, 1.165) is 9.58 Å². The minimum atomic E-state index is -0.426. The van der Waals surface area contributed by atoms with Gasteiger partial charge >= 0.3 is 0 Å². The van der Waals surface area contributed by atoms with Crippen molar-refractivity contribution in [1.82, 2.24) is 4.57 Å². The van der Waals surface area contributed by atoms with Crippen LogP contribution in [-0.4, -0.2) is 10.5 Å². The molecule has 0 aliphatic rings. The van der Waals surface area contributed by atoms with Gasteiger partial charge in [0.25, 0.3) is 5.56 Å². The lowest BCUT2D eigenvalue weighted by atomic mass is 10.3. The van der Waals surface area contributed by atoms with Gasteiger partial charge in [-0.25, -0.2) is 4.39 Å². The summed E-state index contributed by atoms with van der Waals surface area (Å²) in [7, 11) is 0. The van der Waals surface area contributed by atoms with Crippen LogP contribution in [0.25, 0.3) is 10.1 Å². The summed E-state index contributed by atoms with van der Waals surface area (Å²) in [5.41, 5.74) is 0.168. The molecule has 0 fully saturated rings. The number of hydrogen-bond donors (Lipinski definition) is 1. The quantitative estimate of drug-likeness (QED) is 0.807. The summed E-state index contributed by atoms with van der Waals surface area (Å²) in [6.45, 7) is 1.82. The maximum absolute atomic E-state index is 13.1. The number of amides is 1. The molecule has 0 unspecified atom stereocenters. The molecule has 22 heavy (non-hydrogen) atoms. The number of aryl methyl sites for hydroxylation is 1. The molecule has 3 aromatic rings. The lowest BCUT2D eigenvalue weighted by Crippen LogP contribution is -2.27. The Morgan fingerprint density at radius 2 is 2.14 bits per heavy atom. The largest absolute Gasteiger partial charge is 0.324 e. The number of halogens is 1. The maximum atomic E-state index is 13.1. The maximum Gasteiger partial charge on any atom is 0.259 e. The summed E-state index contributed by atoms with van der Waals surface area (Å²) in [5, 5.41) is 3.19. The van der Waals surface area contributed by atoms with Gasteiger partial charge in [0.15, 0.2) is 0 Å². The minimum absolute atomic E-state index is 0.111. The van der Waals surface area contributed by atoms with Gasteiger partial charge in [0.2, 0.25) is 5.91 Å². The van der Waals surface area contributed by atoms with Crippen molar-refractivity contribution in [3.8, 4) is 0 Å². The van der Waals surface area contributed by atoms with Gasteiger partial charge in [0.05, 0.1) is 5.39 Å². The Balaban J connectivity index is 1.82. The van der Waals surface area contributed by atoms with Crippen LogP contribution in [0.3, 0.4) is 0 Å². The second-order valence-electron chi connectivity index (χ2n) is 4.94. The molecular weight excluding hydrogens is 303 g/mol. The molecule has 2 aromatic heterocycles. The zero-order valence-corrected chi connectivity index (χ0v) is 12.6. The molecule has 0 aliphatic heterocycles. The Hall–Kier alpha value is -2.47. The van der Waals surface area contributed by atoms with Gasteiger partial charge in [-0.3, -0.25) is 9.59 Å². The number of benzene rings is 1. The van der Waals surface area contributed by atoms with Crippen LogP contribution in [0.2, 0.25) is 0 Å². The van der Waals surface area contributed by atoms with Crippen LogP contribution in [0.5, 0.6) is 0 Å². The number of pyridine rings is 1. The van der Waals surface area contributed by atoms with Gasteiger partial charge in [0, 0.05) is 21.5 Å². The van der Waals surface area contributed by atoms with Crippen molar-refractivity contribution in [2.75, 3.05) is 5.32 Å². The number of carbonyl (C=O) groups is 1. The minimum Gasteiger partial charge on any atom is -0.324 e. The number of hydrogen-bond acceptors (Lipinski definition) is 3. The number of nitrogens with zero attached hydrogens (tertiary/aromatic N) is 1. The van der Waals surface area contributed by atoms with Crippen LogP contribution in [-0.2, 0) is 11.3 Å². The fourth-order valence-electron chi connectivity index (χ4n) is 2.25. The van der Waals surface area contributed by atoms with E-state index in [9.17, 15) is 14.0 Å². The predicted molar refractivity (Wildman–Crippen MR) is 85.9 cm³/mol. The van der Waals surface area contributed by atoms with Crippen LogP contribution < -0.4 is 10.9 Å². The van der Waals surface area contributed by atoms with Crippen LogP contribution in [0, 0.1) is 12.7 Å². The van der Waals surface area contributed by atoms with Gasteiger partial charge in [-0.1, -0.05) is 6.07 Å². The zero-order valence-electron chi connectivity index (χ0n) is 11.8. The molecule has 1 N–H and O–H groups in total. The van der Waals surface area contributed by atoms with E-state index < -0.39 is 5.82 Å². The van der Waals surface area contributed by atoms with Crippen LogP contribution in [0.1, 0.15) is 4.88 Å². The molecule has 0 aliphatic carbocycles. The zero-order chi connectivity index (χ0) is 15.7. The highest BCUT2D eigenvalue weighted by atomic mass is 32.1. The molecule has 6 heteroatoms. The second-order valence-corrected chi connectivity index (χ2v) is 6.23. The molecule has 0 radical (unpaired) electrons. The predicted octanol–water partition coefficient (Wildman–Crippen LogP) is 3.15. The highest BCUT2D eigenvalue weighted by molar-refractivity contribution is 7.18. The van der Waals surface area contributed by atoms with Crippen molar-refractivity contribution in [1.29, 1.82) is 0 Å². The number of carbonyl (C=O) groups excluding carboxylic acids is 1. The van der Waals surface area contributed by atoms with E-state index in [0.29, 0.717) is 11.1 Å². The standard InChI is InChI=1S/C16H13FN2O2S/c1-10-7-13-14(22-10)5-6-19(16(13)21)9-15(20)18-12-4-2-3-11(17)8-12/h2-8H,9H2,1H3,(H,18,20). The number of aromatic nitrogens is 1. The fraction of sp³-hybridized carbons (Fsp3) is 0.125. The van der Waals surface area contributed by atoms with Crippen molar-refractivity contribution in [3.63, 3.8) is 0 Å². The van der Waals surface area contributed by atoms with E-state index in [4.69, 9.17) is 0 Å². The van der Waals surface area contributed by atoms with Crippen LogP contribution >= 0.6 is 11.3 Å². The van der Waals surface area contributed by atoms with E-state index in [1.165, 1.54) is 22.8 Å². The monoisotopic (exact) mass is 316 g/mol. The Morgan fingerprint density at radius 1 is 1.32 bits per heavy atom. The molecule has 0 atom stereocenters. The van der Waals surface area contributed by atoms with Crippen LogP contribution in [0.4, 0.5) is 10.1 Å². The first-order valence-corrected chi connectivity index (χ1v) is 7.49. The van der Waals surface area contributed by atoms with Crippen molar-refractivity contribution in [2.45, 2.75) is 13.5 Å². The van der Waals surface area contributed by atoms with Gasteiger partial charge in [-0.2, -0.15) is 0 Å². The van der Waals surface area contributed by atoms with E-state index in [1.54, 1.807) is 23.6 Å². The molecular formula is C16H13FN2O2S. The van der Waals surface area contributed by atoms with Crippen molar-refractivity contribution in [2.24, 2.45) is 0 Å². The molecule has 2 heterocycles. The average Bonchev–Trinajstić information content (AvgIpc) is 2.83. The average molecular weight is 316 g/mol. The first kappa shape index (κ1) is 14.5. The first-order valence-electron chi connectivity index (χ1n) is 6.68. The van der Waals surface area contributed by atoms with Gasteiger partial charge in [-0.05, 0) is 37.3 Å². The Morgan fingerprint density at radius 3 is 2.91 bits per heavy atom. The molecule has 4 nitrogen and oxygen atoms in total. The lowest BCUT2D eigenvalue weighted by molar-refractivity contribution is -0.116. The number of nitrogens with one attached hydrogen (secondary N) is 1. The molecule has 1 aromatic carbocycles. The third-order valence-corrected chi connectivity index (χ3v) is 4.22. The normalized spacial score (nSPS) is 10.8. The molecule has 0 saturated heterocycles. The smallest absolute Gasteiger partial charge is 0.259 e. The summed E-state index contributed by atoms with van der Waals surface area (Å²) in [4.78, 5) is 25.4. The number of rotatable bonds is 3. The van der Waals surface area contributed by atoms with E-state index in [-0.39, 0.29) is 18.0 Å². The van der Waals surface area contributed by atoms with E-state index >= 15 is 0 Å². The summed E-state index contributed by atoms with van der Waals surface area (Å²) in [5.74, 6) is -0.802. The molecule has 112 valence electrons. The molecule has 0 bridgehead atoms. The highest BCUT2D eigenvalue weighted by Gasteiger charge is 2.09. The fourth-order valence-corrected chi connectivity index (χ4v) is 3.16. The van der Waals surface area contributed by atoms with Gasteiger partial charge in [-0.15, -0.1) is 11.3 Å². The van der Waals surface area contributed by atoms with Gasteiger partial charge < -0.3 is 9.88 Å². The SMILES string of the molecule is Cc1cc2c(=O)n(CC(=O)Nc3cccc(F)c3)ccc2s1. The van der Waals surface area contributed by atoms with Crippen LogP contribution in [0.15, 0.2) is 47.4 Å². The first-order chi connectivity index (χ1) is 10.5. The topological polar surface area (TPSA) is 51.1 Å². The van der Waals surface area contributed by atoms with E-state index in [1.807, 2.05) is 19.1 Å². The molecule has 0 spiro atoms.